The average Bonchev–Trinajstić information content (AvgIpc) is 3.18. The molecule has 5 nitrogen and oxygen atoms in total. The van der Waals surface area contributed by atoms with Gasteiger partial charge in [-0.15, -0.1) is 10.2 Å². The molecule has 2 heterocycles. The number of amides is 1. The van der Waals surface area contributed by atoms with Crippen LogP contribution in [0.2, 0.25) is 0 Å². The molecule has 1 aromatic heterocycles. The van der Waals surface area contributed by atoms with Gasteiger partial charge < -0.3 is 10.2 Å². The maximum atomic E-state index is 13.9. The van der Waals surface area contributed by atoms with E-state index in [0.29, 0.717) is 42.7 Å². The summed E-state index contributed by atoms with van der Waals surface area (Å²) in [6, 6.07) is 6.82. The maximum Gasteiger partial charge on any atom is 0.229 e. The van der Waals surface area contributed by atoms with Gasteiger partial charge in [-0.3, -0.25) is 4.79 Å². The molecule has 0 atom stereocenters. The van der Waals surface area contributed by atoms with E-state index in [0.717, 1.165) is 5.01 Å². The second-order valence-corrected chi connectivity index (χ2v) is 8.49. The van der Waals surface area contributed by atoms with Gasteiger partial charge in [-0.1, -0.05) is 42.7 Å². The molecule has 144 valence electrons. The minimum Gasteiger partial charge on any atom is -0.369 e. The van der Waals surface area contributed by atoms with E-state index in [-0.39, 0.29) is 17.6 Å². The lowest BCUT2D eigenvalue weighted by Gasteiger charge is -2.33. The van der Waals surface area contributed by atoms with Crippen molar-refractivity contribution < 1.29 is 9.18 Å². The normalized spacial score (nSPS) is 19.2. The van der Waals surface area contributed by atoms with Crippen LogP contribution in [0.25, 0.3) is 0 Å². The molecule has 0 bridgehead atoms. The molecule has 7 heteroatoms. The smallest absolute Gasteiger partial charge is 0.229 e. The van der Waals surface area contributed by atoms with Crippen molar-refractivity contribution in [1.82, 2.24) is 10.2 Å². The topological polar surface area (TPSA) is 58.1 Å². The number of benzene rings is 1. The molecule has 1 saturated carbocycles. The van der Waals surface area contributed by atoms with Crippen LogP contribution in [0.5, 0.6) is 0 Å². The summed E-state index contributed by atoms with van der Waals surface area (Å²) in [7, 11) is 0. The molecule has 0 spiro atoms. The van der Waals surface area contributed by atoms with Crippen LogP contribution in [0.4, 0.5) is 15.2 Å². The fraction of sp³-hybridized carbons (Fsp3) is 0.550. The molecular formula is C20H25FN4OS. The summed E-state index contributed by atoms with van der Waals surface area (Å²) >= 11 is 1.52. The molecule has 1 amide bonds. The molecule has 4 rings (SSSR count). The van der Waals surface area contributed by atoms with Crippen molar-refractivity contribution in [2.24, 2.45) is 5.92 Å². The number of nitrogens with zero attached hydrogens (tertiary/aromatic N) is 3. The Balaban J connectivity index is 1.31. The Morgan fingerprint density at radius 1 is 1.07 bits per heavy atom. The van der Waals surface area contributed by atoms with Crippen molar-refractivity contribution in [1.29, 1.82) is 0 Å². The van der Waals surface area contributed by atoms with Crippen molar-refractivity contribution >= 4 is 28.1 Å². The number of carbonyl (C=O) groups excluding carboxylic acids is 1. The van der Waals surface area contributed by atoms with E-state index >= 15 is 0 Å². The number of piperidine rings is 1. The van der Waals surface area contributed by atoms with Crippen molar-refractivity contribution in [3.63, 3.8) is 0 Å². The standard InChI is InChI=1S/C20H25FN4OS/c21-16-8-4-5-9-17(16)25-12-10-14(11-13-25)18(26)22-20-24-23-19(27-20)15-6-2-1-3-7-15/h4-5,8-9,14-15H,1-3,6-7,10-13H2,(H,22,24,26). The summed E-state index contributed by atoms with van der Waals surface area (Å²) in [6.07, 6.45) is 7.61. The average molecular weight is 389 g/mol. The minimum atomic E-state index is -0.204. The lowest BCUT2D eigenvalue weighted by atomic mass is 9.90. The first-order valence-corrected chi connectivity index (χ1v) is 10.7. The Labute approximate surface area is 163 Å². The first kappa shape index (κ1) is 18.3. The van der Waals surface area contributed by atoms with E-state index in [1.807, 2.05) is 11.0 Å². The third-order valence-electron chi connectivity index (χ3n) is 5.68. The highest BCUT2D eigenvalue weighted by molar-refractivity contribution is 7.15. The van der Waals surface area contributed by atoms with Gasteiger partial charge in [0.05, 0.1) is 5.69 Å². The first-order chi connectivity index (χ1) is 13.2. The number of carbonyl (C=O) groups is 1. The fourth-order valence-corrected chi connectivity index (χ4v) is 5.01. The zero-order chi connectivity index (χ0) is 18.6. The monoisotopic (exact) mass is 388 g/mol. The Kier molecular flexibility index (Phi) is 5.66. The number of rotatable bonds is 4. The third kappa shape index (κ3) is 4.29. The van der Waals surface area contributed by atoms with Gasteiger partial charge in [0.25, 0.3) is 0 Å². The molecule has 1 N–H and O–H groups in total. The second-order valence-electron chi connectivity index (χ2n) is 7.48. The van der Waals surface area contributed by atoms with Crippen LogP contribution in [0, 0.1) is 11.7 Å². The minimum absolute atomic E-state index is 0.00882. The highest BCUT2D eigenvalue weighted by Crippen LogP contribution is 2.35. The van der Waals surface area contributed by atoms with Crippen LogP contribution < -0.4 is 10.2 Å². The molecule has 0 unspecified atom stereocenters. The number of hydrogen-bond acceptors (Lipinski definition) is 5. The van der Waals surface area contributed by atoms with Gasteiger partial charge in [0, 0.05) is 24.9 Å². The summed E-state index contributed by atoms with van der Waals surface area (Å²) < 4.78 is 13.9. The molecule has 1 aliphatic carbocycles. The number of anilines is 2. The summed E-state index contributed by atoms with van der Waals surface area (Å²) in [4.78, 5) is 14.6. The number of nitrogens with one attached hydrogen (secondary N) is 1. The number of hydrogen-bond donors (Lipinski definition) is 1. The fourth-order valence-electron chi connectivity index (χ4n) is 4.10. The van der Waals surface area contributed by atoms with Gasteiger partial charge in [0.1, 0.15) is 10.8 Å². The maximum absolute atomic E-state index is 13.9. The zero-order valence-electron chi connectivity index (χ0n) is 15.4. The van der Waals surface area contributed by atoms with Gasteiger partial charge in [-0.05, 0) is 37.8 Å². The second kappa shape index (κ2) is 8.33. The largest absolute Gasteiger partial charge is 0.369 e. The predicted octanol–water partition coefficient (Wildman–Crippen LogP) is 4.58. The molecule has 0 radical (unpaired) electrons. The van der Waals surface area contributed by atoms with Gasteiger partial charge in [-0.25, -0.2) is 4.39 Å². The molecule has 1 aromatic carbocycles. The van der Waals surface area contributed by atoms with Crippen molar-refractivity contribution in [3.05, 3.63) is 35.1 Å². The lowest BCUT2D eigenvalue weighted by Crippen LogP contribution is -2.38. The van der Waals surface area contributed by atoms with Crippen LogP contribution in [0.3, 0.4) is 0 Å². The Bertz CT molecular complexity index is 782. The quantitative estimate of drug-likeness (QED) is 0.833. The molecule has 2 fully saturated rings. The third-order valence-corrected chi connectivity index (χ3v) is 6.69. The van der Waals surface area contributed by atoms with Crippen molar-refractivity contribution in [2.45, 2.75) is 50.9 Å². The SMILES string of the molecule is O=C(Nc1nnc(C2CCCCC2)s1)C1CCN(c2ccccc2F)CC1. The highest BCUT2D eigenvalue weighted by atomic mass is 32.1. The van der Waals surface area contributed by atoms with Crippen LogP contribution in [-0.2, 0) is 4.79 Å². The van der Waals surface area contributed by atoms with Crippen molar-refractivity contribution in [3.8, 4) is 0 Å². The Hall–Kier alpha value is -2.02. The lowest BCUT2D eigenvalue weighted by molar-refractivity contribution is -0.120. The molecule has 27 heavy (non-hydrogen) atoms. The summed E-state index contributed by atoms with van der Waals surface area (Å²) in [6.45, 7) is 1.37. The number of halogens is 1. The van der Waals surface area contributed by atoms with Gasteiger partial charge in [0.15, 0.2) is 0 Å². The molecule has 1 aliphatic heterocycles. The zero-order valence-corrected chi connectivity index (χ0v) is 16.2. The summed E-state index contributed by atoms with van der Waals surface area (Å²) in [5.74, 6) is 0.250. The van der Waals surface area contributed by atoms with E-state index < -0.39 is 0 Å². The van der Waals surface area contributed by atoms with E-state index in [4.69, 9.17) is 0 Å². The Morgan fingerprint density at radius 3 is 2.56 bits per heavy atom. The number of para-hydroxylation sites is 1. The van der Waals surface area contributed by atoms with E-state index in [9.17, 15) is 9.18 Å². The van der Waals surface area contributed by atoms with E-state index in [2.05, 4.69) is 15.5 Å². The van der Waals surface area contributed by atoms with Crippen molar-refractivity contribution in [2.75, 3.05) is 23.3 Å². The summed E-state index contributed by atoms with van der Waals surface area (Å²) in [5.41, 5.74) is 0.623. The molecule has 2 aliphatic rings. The first-order valence-electron chi connectivity index (χ1n) is 9.84. The van der Waals surface area contributed by atoms with Crippen LogP contribution in [-0.4, -0.2) is 29.2 Å². The van der Waals surface area contributed by atoms with Crippen LogP contribution in [0.15, 0.2) is 24.3 Å². The molecular weight excluding hydrogens is 363 g/mol. The van der Waals surface area contributed by atoms with E-state index in [1.54, 1.807) is 12.1 Å². The Morgan fingerprint density at radius 2 is 1.81 bits per heavy atom. The highest BCUT2D eigenvalue weighted by Gasteiger charge is 2.27. The number of aromatic nitrogens is 2. The summed E-state index contributed by atoms with van der Waals surface area (Å²) in [5, 5.41) is 13.1. The van der Waals surface area contributed by atoms with Crippen LogP contribution >= 0.6 is 11.3 Å². The van der Waals surface area contributed by atoms with Gasteiger partial charge >= 0.3 is 0 Å². The van der Waals surface area contributed by atoms with Gasteiger partial charge in [0.2, 0.25) is 11.0 Å². The van der Waals surface area contributed by atoms with Crippen LogP contribution in [0.1, 0.15) is 55.9 Å². The van der Waals surface area contributed by atoms with Gasteiger partial charge in [-0.2, -0.15) is 0 Å². The molecule has 1 saturated heterocycles. The predicted molar refractivity (Wildman–Crippen MR) is 106 cm³/mol. The molecule has 2 aromatic rings. The van der Waals surface area contributed by atoms with E-state index in [1.165, 1.54) is 49.5 Å².